The summed E-state index contributed by atoms with van der Waals surface area (Å²) >= 11 is 0. The van der Waals surface area contributed by atoms with Crippen molar-refractivity contribution in [3.8, 4) is 44.5 Å². The predicted molar refractivity (Wildman–Crippen MR) is 268 cm³/mol. The lowest BCUT2D eigenvalue weighted by Crippen LogP contribution is -2.09. The number of anilines is 6. The molecule has 9 aromatic carbocycles. The minimum Gasteiger partial charge on any atom is -0.311 e. The van der Waals surface area contributed by atoms with E-state index in [1.807, 2.05) is 24.8 Å². The number of rotatable bonds is 10. The first kappa shape index (κ1) is 38.3. The highest BCUT2D eigenvalue weighted by atomic mass is 15.1. The standard InChI is InChI=1S/C60H42N4/c1-5-13-49(14-6-1)63(50-15-7-2-8-16-50)53-27-21-43(22-28-53)47-25-31-55-57(41-47)58-42-48(26-32-56(58)60(46-35-39-62-40-36-46)59(55)45-33-37-61-38-34-45)44-23-29-54(30-24-44)64(51-17-9-3-10-18-51)52-19-11-4-12-20-52/h1-42H. The molecule has 0 bridgehead atoms. The number of aromatic nitrogens is 2. The van der Waals surface area contributed by atoms with Crippen LogP contribution in [0.1, 0.15) is 0 Å². The number of pyridine rings is 2. The second-order valence-corrected chi connectivity index (χ2v) is 15.8. The molecule has 0 saturated carbocycles. The molecule has 2 heterocycles. The van der Waals surface area contributed by atoms with Crippen molar-refractivity contribution in [3.05, 3.63) is 255 Å². The van der Waals surface area contributed by atoms with Crippen molar-refractivity contribution in [2.75, 3.05) is 9.80 Å². The summed E-state index contributed by atoms with van der Waals surface area (Å²) in [5.41, 5.74) is 15.9. The lowest BCUT2D eigenvalue weighted by molar-refractivity contribution is 1.28. The van der Waals surface area contributed by atoms with E-state index in [9.17, 15) is 0 Å². The largest absolute Gasteiger partial charge is 0.311 e. The third-order valence-corrected chi connectivity index (χ3v) is 12.0. The van der Waals surface area contributed by atoms with Crippen molar-refractivity contribution in [1.29, 1.82) is 0 Å². The second-order valence-electron chi connectivity index (χ2n) is 15.8. The van der Waals surface area contributed by atoms with Crippen molar-refractivity contribution in [2.24, 2.45) is 0 Å². The molecule has 0 unspecified atom stereocenters. The molecule has 64 heavy (non-hydrogen) atoms. The fourth-order valence-corrected chi connectivity index (χ4v) is 9.04. The van der Waals surface area contributed by atoms with Gasteiger partial charge in [0.05, 0.1) is 0 Å². The molecular formula is C60H42N4. The van der Waals surface area contributed by atoms with Gasteiger partial charge >= 0.3 is 0 Å². The molecule has 0 saturated heterocycles. The highest BCUT2D eigenvalue weighted by molar-refractivity contribution is 6.22. The Balaban J connectivity index is 1.07. The smallest absolute Gasteiger partial charge is 0.0462 e. The van der Waals surface area contributed by atoms with Crippen LogP contribution in [-0.2, 0) is 0 Å². The van der Waals surface area contributed by atoms with Gasteiger partial charge < -0.3 is 9.80 Å². The zero-order chi connectivity index (χ0) is 42.7. The summed E-state index contributed by atoms with van der Waals surface area (Å²) in [4.78, 5) is 13.4. The second kappa shape index (κ2) is 17.0. The Labute approximate surface area is 373 Å². The summed E-state index contributed by atoms with van der Waals surface area (Å²) in [6, 6.07) is 82.5. The highest BCUT2D eigenvalue weighted by Gasteiger charge is 2.20. The van der Waals surface area contributed by atoms with E-state index >= 15 is 0 Å². The first-order chi connectivity index (χ1) is 31.8. The van der Waals surface area contributed by atoms with Gasteiger partial charge in [0.1, 0.15) is 0 Å². The summed E-state index contributed by atoms with van der Waals surface area (Å²) in [5.74, 6) is 0. The van der Waals surface area contributed by atoms with Gasteiger partial charge in [0, 0.05) is 58.9 Å². The highest BCUT2D eigenvalue weighted by Crippen LogP contribution is 2.47. The van der Waals surface area contributed by atoms with Crippen LogP contribution in [0.25, 0.3) is 66.1 Å². The molecule has 4 nitrogen and oxygen atoms in total. The molecule has 11 rings (SSSR count). The number of fused-ring (bicyclic) bond motifs is 3. The molecule has 0 N–H and O–H groups in total. The van der Waals surface area contributed by atoms with Gasteiger partial charge in [-0.25, -0.2) is 0 Å². The van der Waals surface area contributed by atoms with E-state index < -0.39 is 0 Å². The van der Waals surface area contributed by atoms with Crippen LogP contribution in [0.5, 0.6) is 0 Å². The van der Waals surface area contributed by atoms with Crippen molar-refractivity contribution in [3.63, 3.8) is 0 Å². The van der Waals surface area contributed by atoms with E-state index in [0.717, 1.165) is 67.5 Å². The van der Waals surface area contributed by atoms with E-state index in [2.05, 4.69) is 250 Å². The van der Waals surface area contributed by atoms with Crippen LogP contribution < -0.4 is 9.80 Å². The van der Waals surface area contributed by atoms with Crippen molar-refractivity contribution in [2.45, 2.75) is 0 Å². The summed E-state index contributed by atoms with van der Waals surface area (Å²) in [5, 5.41) is 4.74. The number of para-hydroxylation sites is 4. The van der Waals surface area contributed by atoms with Gasteiger partial charge in [-0.1, -0.05) is 121 Å². The molecule has 0 aliphatic rings. The van der Waals surface area contributed by atoms with E-state index in [4.69, 9.17) is 0 Å². The van der Waals surface area contributed by atoms with Crippen molar-refractivity contribution < 1.29 is 0 Å². The van der Waals surface area contributed by atoms with Gasteiger partial charge in [-0.05, 0) is 175 Å². The van der Waals surface area contributed by atoms with Crippen LogP contribution in [0.2, 0.25) is 0 Å². The van der Waals surface area contributed by atoms with Gasteiger partial charge in [-0.15, -0.1) is 0 Å². The number of benzene rings is 9. The number of hydrogen-bond acceptors (Lipinski definition) is 4. The summed E-state index contributed by atoms with van der Waals surface area (Å²) in [6.07, 6.45) is 7.54. The summed E-state index contributed by atoms with van der Waals surface area (Å²) in [6.45, 7) is 0. The SMILES string of the molecule is c1ccc(N(c2ccccc2)c2ccc(-c3ccc4c(-c5ccncc5)c(-c5ccncc5)c5ccc(-c6ccc(N(c7ccccc7)c7ccccc7)cc6)cc5c4c3)cc2)cc1. The van der Waals surface area contributed by atoms with E-state index in [-0.39, 0.29) is 0 Å². The van der Waals surface area contributed by atoms with Gasteiger partial charge in [0.25, 0.3) is 0 Å². The molecule has 302 valence electrons. The van der Waals surface area contributed by atoms with E-state index in [1.165, 1.54) is 32.7 Å². The first-order valence-electron chi connectivity index (χ1n) is 21.6. The normalized spacial score (nSPS) is 11.1. The molecule has 0 fully saturated rings. The maximum absolute atomic E-state index is 4.41. The summed E-state index contributed by atoms with van der Waals surface area (Å²) < 4.78 is 0. The Kier molecular flexibility index (Phi) is 10.2. The molecule has 0 amide bonds. The predicted octanol–water partition coefficient (Wildman–Crippen LogP) is 16.4. The molecule has 11 aromatic rings. The quantitative estimate of drug-likeness (QED) is 0.129. The summed E-state index contributed by atoms with van der Waals surface area (Å²) in [7, 11) is 0. The van der Waals surface area contributed by atoms with Crippen LogP contribution in [0.15, 0.2) is 255 Å². The Hall–Kier alpha value is -8.60. The van der Waals surface area contributed by atoms with Crippen LogP contribution >= 0.6 is 0 Å². The third kappa shape index (κ3) is 7.33. The lowest BCUT2D eigenvalue weighted by Gasteiger charge is -2.25. The molecule has 0 aliphatic carbocycles. The average molecular weight is 819 g/mol. The van der Waals surface area contributed by atoms with E-state index in [0.29, 0.717) is 0 Å². The lowest BCUT2D eigenvalue weighted by atomic mass is 9.83. The van der Waals surface area contributed by atoms with Crippen LogP contribution in [0, 0.1) is 0 Å². The molecule has 0 spiro atoms. The number of nitrogens with zero attached hydrogens (tertiary/aromatic N) is 4. The minimum absolute atomic E-state index is 1.10. The maximum Gasteiger partial charge on any atom is 0.0462 e. The average Bonchev–Trinajstić information content (AvgIpc) is 3.38. The van der Waals surface area contributed by atoms with E-state index in [1.54, 1.807) is 0 Å². The fraction of sp³-hybridized carbons (Fsp3) is 0. The Morgan fingerprint density at radius 2 is 0.500 bits per heavy atom. The van der Waals surface area contributed by atoms with Crippen LogP contribution in [-0.4, -0.2) is 9.97 Å². The van der Waals surface area contributed by atoms with Gasteiger partial charge in [-0.3, -0.25) is 9.97 Å². The molecule has 0 radical (unpaired) electrons. The van der Waals surface area contributed by atoms with Crippen LogP contribution in [0.4, 0.5) is 34.1 Å². The Morgan fingerprint density at radius 1 is 0.219 bits per heavy atom. The Bertz CT molecular complexity index is 3020. The van der Waals surface area contributed by atoms with Gasteiger partial charge in [-0.2, -0.15) is 0 Å². The number of hydrogen-bond donors (Lipinski definition) is 0. The first-order valence-corrected chi connectivity index (χ1v) is 21.6. The van der Waals surface area contributed by atoms with Crippen LogP contribution in [0.3, 0.4) is 0 Å². The zero-order valence-corrected chi connectivity index (χ0v) is 35.0. The molecular weight excluding hydrogens is 777 g/mol. The molecule has 4 heteroatoms. The Morgan fingerprint density at radius 3 is 0.812 bits per heavy atom. The van der Waals surface area contributed by atoms with Gasteiger partial charge in [0.15, 0.2) is 0 Å². The van der Waals surface area contributed by atoms with Gasteiger partial charge in [0.2, 0.25) is 0 Å². The monoisotopic (exact) mass is 818 g/mol. The fourth-order valence-electron chi connectivity index (χ4n) is 9.04. The molecule has 2 aromatic heterocycles. The molecule has 0 aliphatic heterocycles. The molecule has 0 atom stereocenters. The minimum atomic E-state index is 1.10. The third-order valence-electron chi connectivity index (χ3n) is 12.0. The maximum atomic E-state index is 4.41. The topological polar surface area (TPSA) is 32.3 Å². The van der Waals surface area contributed by atoms with Crippen molar-refractivity contribution in [1.82, 2.24) is 9.97 Å². The van der Waals surface area contributed by atoms with Crippen molar-refractivity contribution >= 4 is 55.7 Å². The zero-order valence-electron chi connectivity index (χ0n) is 35.0.